The van der Waals surface area contributed by atoms with E-state index in [1.165, 1.54) is 0 Å². The first-order chi connectivity index (χ1) is 16.2. The van der Waals surface area contributed by atoms with E-state index >= 15 is 0 Å². The molecule has 35 heavy (non-hydrogen) atoms. The van der Waals surface area contributed by atoms with Gasteiger partial charge < -0.3 is 5.11 Å². The van der Waals surface area contributed by atoms with E-state index < -0.39 is 16.8 Å². The highest BCUT2D eigenvalue weighted by Gasteiger charge is 2.70. The summed E-state index contributed by atoms with van der Waals surface area (Å²) in [7, 11) is 0. The van der Waals surface area contributed by atoms with Crippen molar-refractivity contribution >= 4 is 17.5 Å². The van der Waals surface area contributed by atoms with E-state index in [-0.39, 0.29) is 57.1 Å². The minimum absolute atomic E-state index is 0.0142. The van der Waals surface area contributed by atoms with Gasteiger partial charge in [0.25, 0.3) is 0 Å². The summed E-state index contributed by atoms with van der Waals surface area (Å²) in [6.07, 6.45) is 9.03. The Kier molecular flexibility index (Phi) is 5.02. The van der Waals surface area contributed by atoms with E-state index in [1.807, 2.05) is 19.1 Å². The fourth-order valence-electron chi connectivity index (χ4n) is 9.63. The maximum atomic E-state index is 14.2. The SMILES string of the molecule is C[C@@H]1C(=O)C(C#N)=C[C@]2(C)C3=CC(=O)[C@H]4C5CC(C)(C)CC[C@]5(C(=O)O)CC[C@@]4(C)[C@]3(C)CC[C@@H]12. The maximum absolute atomic E-state index is 14.2. The van der Waals surface area contributed by atoms with Crippen molar-refractivity contribution in [2.24, 2.45) is 50.7 Å². The molecule has 5 rings (SSSR count). The fraction of sp³-hybridized carbons (Fsp3) is 0.733. The summed E-state index contributed by atoms with van der Waals surface area (Å²) >= 11 is 0. The molecule has 3 saturated carbocycles. The molecule has 1 unspecified atom stereocenters. The Balaban J connectivity index is 1.70. The minimum Gasteiger partial charge on any atom is -0.481 e. The van der Waals surface area contributed by atoms with Gasteiger partial charge >= 0.3 is 5.97 Å². The van der Waals surface area contributed by atoms with Gasteiger partial charge in [-0.1, -0.05) is 53.2 Å². The van der Waals surface area contributed by atoms with Crippen LogP contribution in [0.4, 0.5) is 0 Å². The van der Waals surface area contributed by atoms with Crippen molar-refractivity contribution in [1.29, 1.82) is 5.26 Å². The Morgan fingerprint density at radius 2 is 1.69 bits per heavy atom. The molecule has 0 amide bonds. The van der Waals surface area contributed by atoms with Crippen molar-refractivity contribution in [1.82, 2.24) is 0 Å². The predicted octanol–water partition coefficient (Wildman–Crippen LogP) is 5.90. The van der Waals surface area contributed by atoms with Crippen LogP contribution in [-0.4, -0.2) is 22.6 Å². The first-order valence-corrected chi connectivity index (χ1v) is 13.3. The van der Waals surface area contributed by atoms with Gasteiger partial charge in [-0.3, -0.25) is 14.4 Å². The minimum atomic E-state index is -0.822. The lowest BCUT2D eigenvalue weighted by atomic mass is 9.35. The Morgan fingerprint density at radius 3 is 2.31 bits per heavy atom. The second-order valence-corrected chi connectivity index (χ2v) is 13.9. The number of aliphatic carboxylic acids is 1. The lowest BCUT2D eigenvalue weighted by Crippen LogP contribution is -2.65. The second-order valence-electron chi connectivity index (χ2n) is 13.9. The predicted molar refractivity (Wildman–Crippen MR) is 132 cm³/mol. The van der Waals surface area contributed by atoms with E-state index in [9.17, 15) is 24.8 Å². The summed E-state index contributed by atoms with van der Waals surface area (Å²) in [4.78, 5) is 39.7. The van der Waals surface area contributed by atoms with Crippen LogP contribution in [0.25, 0.3) is 0 Å². The zero-order valence-corrected chi connectivity index (χ0v) is 22.0. The molecule has 5 aliphatic carbocycles. The molecule has 3 fully saturated rings. The maximum Gasteiger partial charge on any atom is 0.309 e. The Labute approximate surface area is 209 Å². The number of carboxylic acid groups (broad SMARTS) is 1. The number of carbonyl (C=O) groups excluding carboxylic acids is 2. The van der Waals surface area contributed by atoms with Gasteiger partial charge in [-0.25, -0.2) is 0 Å². The number of hydrogen-bond donors (Lipinski definition) is 1. The van der Waals surface area contributed by atoms with Crippen LogP contribution < -0.4 is 0 Å². The molecule has 1 N–H and O–H groups in total. The molecule has 0 saturated heterocycles. The van der Waals surface area contributed by atoms with E-state index in [0.717, 1.165) is 31.3 Å². The van der Waals surface area contributed by atoms with Gasteiger partial charge in [-0.2, -0.15) is 5.26 Å². The molecule has 0 bridgehead atoms. The third kappa shape index (κ3) is 2.89. The fourth-order valence-corrected chi connectivity index (χ4v) is 9.63. The smallest absolute Gasteiger partial charge is 0.309 e. The number of rotatable bonds is 1. The first-order valence-electron chi connectivity index (χ1n) is 13.3. The third-order valence-electron chi connectivity index (χ3n) is 11.9. The van der Waals surface area contributed by atoms with Crippen LogP contribution in [0.5, 0.6) is 0 Å². The molecule has 5 nitrogen and oxygen atoms in total. The second kappa shape index (κ2) is 7.17. The van der Waals surface area contributed by atoms with Crippen molar-refractivity contribution in [3.8, 4) is 6.07 Å². The van der Waals surface area contributed by atoms with Crippen LogP contribution in [0.2, 0.25) is 0 Å². The molecule has 0 aromatic heterocycles. The van der Waals surface area contributed by atoms with Gasteiger partial charge in [0.05, 0.1) is 11.0 Å². The third-order valence-corrected chi connectivity index (χ3v) is 11.9. The molecule has 5 heteroatoms. The van der Waals surface area contributed by atoms with Crippen LogP contribution in [0, 0.1) is 62.1 Å². The summed E-state index contributed by atoms with van der Waals surface area (Å²) in [5, 5.41) is 20.2. The van der Waals surface area contributed by atoms with Crippen molar-refractivity contribution in [2.45, 2.75) is 86.5 Å². The standard InChI is InChI=1S/C30H39NO4/c1-17-19-7-8-28(5)22(27(19,4)14-18(16-31)24(17)33)13-21(32)23-20-15-26(2,3)9-11-30(20,25(34)35)12-10-29(23,28)6/h13-14,17,19-20,23H,7-12,15H2,1-6H3,(H,34,35)/t17-,19-,20?,23+,27-,28+,29+,30-/m0/s1. The summed E-state index contributed by atoms with van der Waals surface area (Å²) in [5.74, 6) is -1.43. The average molecular weight is 478 g/mol. The molecule has 0 spiro atoms. The topological polar surface area (TPSA) is 95.2 Å². The van der Waals surface area contributed by atoms with Gasteiger partial charge in [0.15, 0.2) is 11.6 Å². The van der Waals surface area contributed by atoms with Crippen molar-refractivity contribution < 1.29 is 19.5 Å². The molecule has 8 atom stereocenters. The Hall–Kier alpha value is -2.22. The number of nitrogens with zero attached hydrogens (tertiary/aromatic N) is 1. The van der Waals surface area contributed by atoms with Gasteiger partial charge in [0.1, 0.15) is 6.07 Å². The zero-order chi connectivity index (χ0) is 25.8. The van der Waals surface area contributed by atoms with E-state index in [1.54, 1.807) is 0 Å². The molecular formula is C30H39NO4. The number of allylic oxidation sites excluding steroid dienone is 4. The lowest BCUT2D eigenvalue weighted by molar-refractivity contribution is -0.188. The number of ketones is 2. The summed E-state index contributed by atoms with van der Waals surface area (Å²) < 4.78 is 0. The molecule has 0 radical (unpaired) electrons. The van der Waals surface area contributed by atoms with Crippen LogP contribution in [-0.2, 0) is 14.4 Å². The zero-order valence-electron chi connectivity index (χ0n) is 22.0. The molecule has 0 aromatic carbocycles. The Morgan fingerprint density at radius 1 is 1.03 bits per heavy atom. The number of carbonyl (C=O) groups is 3. The molecule has 0 aliphatic heterocycles. The monoisotopic (exact) mass is 477 g/mol. The van der Waals surface area contributed by atoms with Crippen LogP contribution in [0.3, 0.4) is 0 Å². The number of nitriles is 1. The lowest BCUT2D eigenvalue weighted by Gasteiger charge is -2.68. The average Bonchev–Trinajstić information content (AvgIpc) is 2.77. The van der Waals surface area contributed by atoms with E-state index in [2.05, 4.69) is 40.7 Å². The van der Waals surface area contributed by atoms with Crippen LogP contribution in [0.1, 0.15) is 86.5 Å². The summed E-state index contributed by atoms with van der Waals surface area (Å²) in [6.45, 7) is 13.0. The summed E-state index contributed by atoms with van der Waals surface area (Å²) in [6, 6.07) is 2.13. The first kappa shape index (κ1) is 24.5. The quantitative estimate of drug-likeness (QED) is 0.507. The molecular weight excluding hydrogens is 438 g/mol. The van der Waals surface area contributed by atoms with E-state index in [4.69, 9.17) is 0 Å². The van der Waals surface area contributed by atoms with Gasteiger partial charge in [-0.05, 0) is 79.1 Å². The van der Waals surface area contributed by atoms with Gasteiger partial charge in [0, 0.05) is 17.3 Å². The normalized spacial score (nSPS) is 48.3. The highest BCUT2D eigenvalue weighted by atomic mass is 16.4. The number of Topliss-reactive ketones (excluding diaryl/α,β-unsaturated/α-hetero) is 1. The van der Waals surface area contributed by atoms with Gasteiger partial charge in [0.2, 0.25) is 0 Å². The molecule has 5 aliphatic rings. The number of carboxylic acids is 1. The van der Waals surface area contributed by atoms with Crippen LogP contribution >= 0.6 is 0 Å². The number of hydrogen-bond acceptors (Lipinski definition) is 4. The van der Waals surface area contributed by atoms with Gasteiger partial charge in [-0.15, -0.1) is 0 Å². The summed E-state index contributed by atoms with van der Waals surface area (Å²) in [5.41, 5.74) is -0.705. The van der Waals surface area contributed by atoms with Crippen molar-refractivity contribution in [2.75, 3.05) is 0 Å². The molecule has 188 valence electrons. The van der Waals surface area contributed by atoms with Crippen LogP contribution in [0.15, 0.2) is 23.3 Å². The van der Waals surface area contributed by atoms with Crippen molar-refractivity contribution in [3.05, 3.63) is 23.3 Å². The highest BCUT2D eigenvalue weighted by Crippen LogP contribution is 2.73. The molecule has 0 heterocycles. The number of fused-ring (bicyclic) bond motifs is 7. The van der Waals surface area contributed by atoms with Crippen molar-refractivity contribution in [3.63, 3.8) is 0 Å². The van der Waals surface area contributed by atoms with E-state index in [0.29, 0.717) is 19.3 Å². The largest absolute Gasteiger partial charge is 0.481 e. The molecule has 0 aromatic rings. The Bertz CT molecular complexity index is 1140. The highest BCUT2D eigenvalue weighted by molar-refractivity contribution is 6.02.